The minimum absolute atomic E-state index is 0.255. The average molecular weight is 376 g/mol. The van der Waals surface area contributed by atoms with Gasteiger partial charge < -0.3 is 5.32 Å². The predicted molar refractivity (Wildman–Crippen MR) is 92.7 cm³/mol. The standard InChI is InChI=1S/C17H18BrN3O2/c1-10-9-13(5-6-14(10)18)19-17(23)11(2)21-16(22)8-7-15(20-21)12-3-4-12/h5-9,11-12H,3-4H2,1-2H3,(H,19,23). The van der Waals surface area contributed by atoms with Crippen molar-refractivity contribution in [1.29, 1.82) is 0 Å². The SMILES string of the molecule is Cc1cc(NC(=O)C(C)n2nc(C3CC3)ccc2=O)ccc1Br. The van der Waals surface area contributed by atoms with Crippen molar-refractivity contribution >= 4 is 27.5 Å². The number of aryl methyl sites for hydroxylation is 1. The molecule has 1 amide bonds. The van der Waals surface area contributed by atoms with Gasteiger partial charge in [0.05, 0.1) is 5.69 Å². The van der Waals surface area contributed by atoms with Gasteiger partial charge in [-0.2, -0.15) is 5.10 Å². The largest absolute Gasteiger partial charge is 0.324 e. The third-order valence-corrected chi connectivity index (χ3v) is 4.90. The Balaban J connectivity index is 1.80. The molecule has 1 aliphatic rings. The zero-order valence-corrected chi connectivity index (χ0v) is 14.6. The Bertz CT molecular complexity index is 812. The van der Waals surface area contributed by atoms with Gasteiger partial charge >= 0.3 is 0 Å². The van der Waals surface area contributed by atoms with Crippen molar-refractivity contribution in [2.45, 2.75) is 38.6 Å². The second-order valence-corrected chi connectivity index (χ2v) is 6.80. The molecular formula is C17H18BrN3O2. The van der Waals surface area contributed by atoms with Crippen LogP contribution in [-0.4, -0.2) is 15.7 Å². The molecule has 2 aromatic rings. The summed E-state index contributed by atoms with van der Waals surface area (Å²) < 4.78 is 2.26. The molecule has 1 aromatic heterocycles. The van der Waals surface area contributed by atoms with Crippen LogP contribution in [0.1, 0.15) is 43.0 Å². The summed E-state index contributed by atoms with van der Waals surface area (Å²) in [6.07, 6.45) is 2.20. The van der Waals surface area contributed by atoms with Crippen LogP contribution >= 0.6 is 15.9 Å². The molecule has 120 valence electrons. The fourth-order valence-electron chi connectivity index (χ4n) is 2.39. The summed E-state index contributed by atoms with van der Waals surface area (Å²) in [7, 11) is 0. The monoisotopic (exact) mass is 375 g/mol. The van der Waals surface area contributed by atoms with Crippen molar-refractivity contribution in [2.24, 2.45) is 0 Å². The molecule has 5 nitrogen and oxygen atoms in total. The molecule has 1 fully saturated rings. The lowest BCUT2D eigenvalue weighted by Gasteiger charge is -2.15. The van der Waals surface area contributed by atoms with Gasteiger partial charge in [0.25, 0.3) is 5.56 Å². The number of hydrogen-bond acceptors (Lipinski definition) is 3. The number of amides is 1. The fourth-order valence-corrected chi connectivity index (χ4v) is 2.64. The van der Waals surface area contributed by atoms with Crippen molar-refractivity contribution in [3.05, 3.63) is 56.4 Å². The van der Waals surface area contributed by atoms with E-state index in [1.54, 1.807) is 13.0 Å². The van der Waals surface area contributed by atoms with Gasteiger partial charge in [0, 0.05) is 22.1 Å². The second kappa shape index (κ2) is 6.28. The molecule has 1 unspecified atom stereocenters. The number of nitrogens with one attached hydrogen (secondary N) is 1. The third kappa shape index (κ3) is 3.52. The summed E-state index contributed by atoms with van der Waals surface area (Å²) in [5, 5.41) is 7.20. The number of hydrogen-bond donors (Lipinski definition) is 1. The number of halogens is 1. The molecule has 1 heterocycles. The van der Waals surface area contributed by atoms with Gasteiger partial charge in [-0.1, -0.05) is 15.9 Å². The van der Waals surface area contributed by atoms with Crippen LogP contribution in [0, 0.1) is 6.92 Å². The van der Waals surface area contributed by atoms with E-state index in [4.69, 9.17) is 0 Å². The van der Waals surface area contributed by atoms with Crippen molar-refractivity contribution < 1.29 is 4.79 Å². The van der Waals surface area contributed by atoms with E-state index in [1.165, 1.54) is 10.7 Å². The lowest BCUT2D eigenvalue weighted by atomic mass is 10.2. The van der Waals surface area contributed by atoms with Gasteiger partial charge in [-0.3, -0.25) is 9.59 Å². The molecule has 0 spiro atoms. The Labute approximate surface area is 142 Å². The molecule has 1 atom stereocenters. The topological polar surface area (TPSA) is 64.0 Å². The summed E-state index contributed by atoms with van der Waals surface area (Å²) in [6, 6.07) is 8.18. The van der Waals surface area contributed by atoms with Crippen LogP contribution in [0.25, 0.3) is 0 Å². The maximum Gasteiger partial charge on any atom is 0.267 e. The normalized spacial score (nSPS) is 15.3. The summed E-state index contributed by atoms with van der Waals surface area (Å²) in [5.74, 6) is 0.181. The molecule has 0 saturated heterocycles. The molecule has 1 aromatic carbocycles. The highest BCUT2D eigenvalue weighted by Crippen LogP contribution is 2.38. The van der Waals surface area contributed by atoms with E-state index < -0.39 is 6.04 Å². The average Bonchev–Trinajstić information content (AvgIpc) is 3.35. The first-order valence-electron chi connectivity index (χ1n) is 7.62. The minimum atomic E-state index is -0.662. The maximum atomic E-state index is 12.4. The van der Waals surface area contributed by atoms with Crippen LogP contribution in [0.2, 0.25) is 0 Å². The van der Waals surface area contributed by atoms with Gasteiger partial charge in [0.15, 0.2) is 0 Å². The number of benzene rings is 1. The number of rotatable bonds is 4. The van der Waals surface area contributed by atoms with Crippen LogP contribution in [0.4, 0.5) is 5.69 Å². The fraction of sp³-hybridized carbons (Fsp3) is 0.353. The molecule has 1 N–H and O–H groups in total. The predicted octanol–water partition coefficient (Wildman–Crippen LogP) is 3.39. The first kappa shape index (κ1) is 15.9. The van der Waals surface area contributed by atoms with Crippen LogP contribution in [0.15, 0.2) is 39.6 Å². The summed E-state index contributed by atoms with van der Waals surface area (Å²) in [6.45, 7) is 3.64. The van der Waals surface area contributed by atoms with E-state index in [0.717, 1.165) is 28.6 Å². The second-order valence-electron chi connectivity index (χ2n) is 5.94. The van der Waals surface area contributed by atoms with E-state index in [2.05, 4.69) is 26.3 Å². The lowest BCUT2D eigenvalue weighted by molar-refractivity contribution is -0.119. The molecule has 3 rings (SSSR count). The zero-order chi connectivity index (χ0) is 16.6. The molecule has 0 aliphatic heterocycles. The van der Waals surface area contributed by atoms with Crippen LogP contribution < -0.4 is 10.9 Å². The maximum absolute atomic E-state index is 12.4. The number of carbonyl (C=O) groups is 1. The highest BCUT2D eigenvalue weighted by atomic mass is 79.9. The molecule has 1 saturated carbocycles. The van der Waals surface area contributed by atoms with Crippen molar-refractivity contribution in [2.75, 3.05) is 5.32 Å². The summed E-state index contributed by atoms with van der Waals surface area (Å²) in [4.78, 5) is 24.5. The van der Waals surface area contributed by atoms with Gasteiger partial charge in [-0.15, -0.1) is 0 Å². The van der Waals surface area contributed by atoms with Gasteiger partial charge in [0.1, 0.15) is 6.04 Å². The Hall–Kier alpha value is -1.95. The van der Waals surface area contributed by atoms with Crippen LogP contribution in [0.5, 0.6) is 0 Å². The van der Waals surface area contributed by atoms with Crippen LogP contribution in [-0.2, 0) is 4.79 Å². The molecule has 23 heavy (non-hydrogen) atoms. The van der Waals surface area contributed by atoms with Crippen LogP contribution in [0.3, 0.4) is 0 Å². The lowest BCUT2D eigenvalue weighted by Crippen LogP contribution is -2.33. The highest BCUT2D eigenvalue weighted by molar-refractivity contribution is 9.10. The van der Waals surface area contributed by atoms with Crippen molar-refractivity contribution in [1.82, 2.24) is 9.78 Å². The molecule has 1 aliphatic carbocycles. The summed E-state index contributed by atoms with van der Waals surface area (Å²) in [5.41, 5.74) is 2.36. The number of nitrogens with zero attached hydrogens (tertiary/aromatic N) is 2. The number of aromatic nitrogens is 2. The van der Waals surface area contributed by atoms with Crippen molar-refractivity contribution in [3.63, 3.8) is 0 Å². The van der Waals surface area contributed by atoms with E-state index in [-0.39, 0.29) is 11.5 Å². The Morgan fingerprint density at radius 3 is 2.74 bits per heavy atom. The zero-order valence-electron chi connectivity index (χ0n) is 13.0. The van der Waals surface area contributed by atoms with Gasteiger partial charge in [0.2, 0.25) is 5.91 Å². The summed E-state index contributed by atoms with van der Waals surface area (Å²) >= 11 is 3.43. The van der Waals surface area contributed by atoms with E-state index in [0.29, 0.717) is 11.6 Å². The van der Waals surface area contributed by atoms with Gasteiger partial charge in [-0.05, 0) is 56.5 Å². The van der Waals surface area contributed by atoms with E-state index in [9.17, 15) is 9.59 Å². The third-order valence-electron chi connectivity index (χ3n) is 4.01. The first-order chi connectivity index (χ1) is 11.0. The smallest absolute Gasteiger partial charge is 0.267 e. The van der Waals surface area contributed by atoms with E-state index >= 15 is 0 Å². The molecule has 6 heteroatoms. The minimum Gasteiger partial charge on any atom is -0.324 e. The first-order valence-corrected chi connectivity index (χ1v) is 8.42. The Morgan fingerprint density at radius 2 is 2.09 bits per heavy atom. The van der Waals surface area contributed by atoms with Gasteiger partial charge in [-0.25, -0.2) is 4.68 Å². The quantitative estimate of drug-likeness (QED) is 0.890. The highest BCUT2D eigenvalue weighted by Gasteiger charge is 2.27. The number of carbonyl (C=O) groups excluding carboxylic acids is 1. The molecule has 0 bridgehead atoms. The molecule has 0 radical (unpaired) electrons. The Kier molecular flexibility index (Phi) is 4.35. The Morgan fingerprint density at radius 1 is 1.35 bits per heavy atom. The number of anilines is 1. The van der Waals surface area contributed by atoms with Crippen molar-refractivity contribution in [3.8, 4) is 0 Å². The molecular weight excluding hydrogens is 358 g/mol. The van der Waals surface area contributed by atoms with E-state index in [1.807, 2.05) is 25.1 Å².